The van der Waals surface area contributed by atoms with Crippen molar-refractivity contribution in [3.8, 4) is 11.5 Å². The van der Waals surface area contributed by atoms with E-state index in [0.29, 0.717) is 36.7 Å². The second kappa shape index (κ2) is 10.5. The van der Waals surface area contributed by atoms with E-state index in [0.717, 1.165) is 29.6 Å². The number of hydrogen-bond donors (Lipinski definition) is 1. The molecule has 0 saturated heterocycles. The molecule has 1 aromatic heterocycles. The molecule has 0 aliphatic heterocycles. The normalized spacial score (nSPS) is 10.6. The van der Waals surface area contributed by atoms with Crippen molar-refractivity contribution >= 4 is 22.6 Å². The van der Waals surface area contributed by atoms with Crippen LogP contribution in [0.5, 0.6) is 11.5 Å². The minimum atomic E-state index is -0.0916. The zero-order valence-corrected chi connectivity index (χ0v) is 17.9. The molecule has 1 heterocycles. The van der Waals surface area contributed by atoms with E-state index in [4.69, 9.17) is 9.47 Å². The highest BCUT2D eigenvalue weighted by Crippen LogP contribution is 2.29. The Labute approximate surface area is 177 Å². The minimum absolute atomic E-state index is 0.0916. The fourth-order valence-corrected chi connectivity index (χ4v) is 3.37. The van der Waals surface area contributed by atoms with Crippen molar-refractivity contribution in [3.05, 3.63) is 60.2 Å². The molecule has 1 amide bonds. The number of unbranched alkanes of at least 4 members (excludes halogenated alkanes) is 1. The summed E-state index contributed by atoms with van der Waals surface area (Å²) in [5.41, 5.74) is 1.41. The number of carbonyl (C=O) groups is 1. The Morgan fingerprint density at radius 2 is 1.70 bits per heavy atom. The van der Waals surface area contributed by atoms with E-state index in [1.807, 2.05) is 47.4 Å². The van der Waals surface area contributed by atoms with Crippen molar-refractivity contribution in [2.45, 2.75) is 19.8 Å². The third-order valence-electron chi connectivity index (χ3n) is 5.00. The van der Waals surface area contributed by atoms with Gasteiger partial charge in [0.05, 0.1) is 19.7 Å². The van der Waals surface area contributed by atoms with Crippen LogP contribution in [0.15, 0.2) is 54.6 Å². The maximum Gasteiger partial charge on any atom is 0.261 e. The largest absolute Gasteiger partial charge is 0.496 e. The highest BCUT2D eigenvalue weighted by molar-refractivity contribution is 5.99. The lowest BCUT2D eigenvalue weighted by molar-refractivity contribution is 0.0753. The summed E-state index contributed by atoms with van der Waals surface area (Å²) in [6.07, 6.45) is 1.93. The Morgan fingerprint density at radius 3 is 2.40 bits per heavy atom. The number of anilines is 1. The van der Waals surface area contributed by atoms with Crippen LogP contribution in [-0.2, 0) is 0 Å². The van der Waals surface area contributed by atoms with Crippen molar-refractivity contribution in [1.29, 1.82) is 0 Å². The molecular formula is C24H29N3O3. The Hall–Kier alpha value is -3.28. The highest BCUT2D eigenvalue weighted by Gasteiger charge is 2.23. The summed E-state index contributed by atoms with van der Waals surface area (Å²) in [6.45, 7) is 3.93. The van der Waals surface area contributed by atoms with Gasteiger partial charge in [0.25, 0.3) is 5.91 Å². The highest BCUT2D eigenvalue weighted by atomic mass is 16.5. The zero-order chi connectivity index (χ0) is 21.3. The fourth-order valence-electron chi connectivity index (χ4n) is 3.37. The van der Waals surface area contributed by atoms with Crippen LogP contribution >= 0.6 is 0 Å². The third kappa shape index (κ3) is 5.00. The van der Waals surface area contributed by atoms with Gasteiger partial charge >= 0.3 is 0 Å². The lowest BCUT2D eigenvalue weighted by atomic mass is 10.1. The number of para-hydroxylation sites is 1. The van der Waals surface area contributed by atoms with Crippen molar-refractivity contribution in [2.75, 3.05) is 39.2 Å². The van der Waals surface area contributed by atoms with Gasteiger partial charge < -0.3 is 19.7 Å². The van der Waals surface area contributed by atoms with E-state index in [-0.39, 0.29) is 5.91 Å². The number of pyridine rings is 1. The number of nitrogens with one attached hydrogen (secondary N) is 1. The summed E-state index contributed by atoms with van der Waals surface area (Å²) in [5.74, 6) is 1.74. The van der Waals surface area contributed by atoms with Crippen molar-refractivity contribution < 1.29 is 14.3 Å². The molecule has 0 saturated carbocycles. The number of amides is 1. The molecule has 0 bridgehead atoms. The Bertz CT molecular complexity index is 968. The molecule has 158 valence electrons. The van der Waals surface area contributed by atoms with Gasteiger partial charge in [0.15, 0.2) is 0 Å². The van der Waals surface area contributed by atoms with Gasteiger partial charge in [-0.15, -0.1) is 0 Å². The molecule has 2 aromatic carbocycles. The maximum atomic E-state index is 13.3. The van der Waals surface area contributed by atoms with Crippen molar-refractivity contribution in [2.24, 2.45) is 0 Å². The minimum Gasteiger partial charge on any atom is -0.496 e. The molecule has 0 radical (unpaired) electrons. The first-order valence-corrected chi connectivity index (χ1v) is 10.3. The van der Waals surface area contributed by atoms with Gasteiger partial charge in [-0.25, -0.2) is 4.98 Å². The van der Waals surface area contributed by atoms with Crippen LogP contribution in [-0.4, -0.2) is 49.6 Å². The predicted molar refractivity (Wildman–Crippen MR) is 121 cm³/mol. The lowest BCUT2D eigenvalue weighted by Gasteiger charge is -2.25. The van der Waals surface area contributed by atoms with Crippen LogP contribution in [0.2, 0.25) is 0 Å². The molecule has 6 heteroatoms. The molecule has 3 aromatic rings. The van der Waals surface area contributed by atoms with Gasteiger partial charge in [-0.2, -0.15) is 0 Å². The number of hydrogen-bond acceptors (Lipinski definition) is 5. The smallest absolute Gasteiger partial charge is 0.261 e. The number of fused-ring (bicyclic) bond motifs is 1. The number of aromatic nitrogens is 1. The lowest BCUT2D eigenvalue weighted by Crippen LogP contribution is -2.36. The van der Waals surface area contributed by atoms with Crippen LogP contribution in [0.25, 0.3) is 10.9 Å². The fraction of sp³-hybridized carbons (Fsp3) is 0.333. The molecule has 3 rings (SSSR count). The predicted octanol–water partition coefficient (Wildman–Crippen LogP) is 4.61. The van der Waals surface area contributed by atoms with Crippen LogP contribution in [0.1, 0.15) is 30.1 Å². The van der Waals surface area contributed by atoms with E-state index in [9.17, 15) is 4.79 Å². The topological polar surface area (TPSA) is 63.7 Å². The van der Waals surface area contributed by atoms with Gasteiger partial charge in [-0.3, -0.25) is 4.79 Å². The number of ether oxygens (including phenoxy) is 2. The number of carbonyl (C=O) groups excluding carboxylic acids is 1. The molecule has 30 heavy (non-hydrogen) atoms. The van der Waals surface area contributed by atoms with Crippen LogP contribution < -0.4 is 14.8 Å². The zero-order valence-electron chi connectivity index (χ0n) is 17.9. The standard InChI is InChI=1S/C24H29N3O3/c1-4-5-16-27(24(28)23-20(29-2)11-8-12-21(23)30-3)17-15-25-22-14-13-18-9-6-7-10-19(18)26-22/h6-14H,4-5,15-17H2,1-3H3,(H,25,26). The van der Waals surface area contributed by atoms with Crippen LogP contribution in [0, 0.1) is 0 Å². The molecule has 0 aliphatic rings. The van der Waals surface area contributed by atoms with E-state index in [2.05, 4.69) is 17.2 Å². The van der Waals surface area contributed by atoms with E-state index in [1.165, 1.54) is 0 Å². The molecule has 0 unspecified atom stereocenters. The Morgan fingerprint density at radius 1 is 0.967 bits per heavy atom. The molecular weight excluding hydrogens is 378 g/mol. The summed E-state index contributed by atoms with van der Waals surface area (Å²) in [7, 11) is 3.13. The van der Waals surface area contributed by atoms with E-state index < -0.39 is 0 Å². The summed E-state index contributed by atoms with van der Waals surface area (Å²) < 4.78 is 10.9. The van der Waals surface area contributed by atoms with E-state index >= 15 is 0 Å². The van der Waals surface area contributed by atoms with E-state index in [1.54, 1.807) is 26.4 Å². The average Bonchev–Trinajstić information content (AvgIpc) is 2.80. The van der Waals surface area contributed by atoms with Gasteiger partial charge in [-0.05, 0) is 36.8 Å². The second-order valence-electron chi connectivity index (χ2n) is 7.00. The van der Waals surface area contributed by atoms with Crippen molar-refractivity contribution in [1.82, 2.24) is 9.88 Å². The van der Waals surface area contributed by atoms with Crippen LogP contribution in [0.4, 0.5) is 5.82 Å². The molecule has 0 fully saturated rings. The number of methoxy groups -OCH3 is 2. The average molecular weight is 408 g/mol. The summed E-state index contributed by atoms with van der Waals surface area (Å²) in [5, 5.41) is 4.44. The monoisotopic (exact) mass is 407 g/mol. The van der Waals surface area contributed by atoms with Gasteiger partial charge in [0.1, 0.15) is 22.9 Å². The number of nitrogens with zero attached hydrogens (tertiary/aromatic N) is 2. The summed E-state index contributed by atoms with van der Waals surface area (Å²) in [4.78, 5) is 19.8. The first-order valence-electron chi connectivity index (χ1n) is 10.3. The Balaban J connectivity index is 1.73. The quantitative estimate of drug-likeness (QED) is 0.532. The maximum absolute atomic E-state index is 13.3. The van der Waals surface area contributed by atoms with Crippen molar-refractivity contribution in [3.63, 3.8) is 0 Å². The molecule has 0 spiro atoms. The Kier molecular flexibility index (Phi) is 7.49. The van der Waals surface area contributed by atoms with Gasteiger partial charge in [-0.1, -0.05) is 37.6 Å². The molecule has 0 atom stereocenters. The number of rotatable bonds is 10. The third-order valence-corrected chi connectivity index (χ3v) is 5.00. The first-order chi connectivity index (χ1) is 14.7. The first kappa shape index (κ1) is 21.4. The molecule has 0 aliphatic carbocycles. The van der Waals surface area contributed by atoms with Gasteiger partial charge in [0, 0.05) is 25.0 Å². The molecule has 1 N–H and O–H groups in total. The summed E-state index contributed by atoms with van der Waals surface area (Å²) in [6, 6.07) is 17.4. The summed E-state index contributed by atoms with van der Waals surface area (Å²) >= 11 is 0. The van der Waals surface area contributed by atoms with Crippen LogP contribution in [0.3, 0.4) is 0 Å². The van der Waals surface area contributed by atoms with Gasteiger partial charge in [0.2, 0.25) is 0 Å². The SMILES string of the molecule is CCCCN(CCNc1ccc2ccccc2n1)C(=O)c1c(OC)cccc1OC. The molecule has 6 nitrogen and oxygen atoms in total. The second-order valence-corrected chi connectivity index (χ2v) is 7.00. The number of benzene rings is 2.